The third-order valence-electron chi connectivity index (χ3n) is 4.43. The van der Waals surface area contributed by atoms with Gasteiger partial charge in [-0.1, -0.05) is 20.8 Å². The van der Waals surface area contributed by atoms with Gasteiger partial charge in [-0.2, -0.15) is 0 Å². The normalized spacial score (nSPS) is 14.9. The van der Waals surface area contributed by atoms with E-state index in [1.807, 2.05) is 25.3 Å². The van der Waals surface area contributed by atoms with Crippen LogP contribution >= 0.6 is 0 Å². The average Bonchev–Trinajstić information content (AvgIpc) is 3.16. The molecule has 0 bridgehead atoms. The Morgan fingerprint density at radius 1 is 1.11 bits per heavy atom. The summed E-state index contributed by atoms with van der Waals surface area (Å²) >= 11 is 0. The van der Waals surface area contributed by atoms with Crippen molar-refractivity contribution in [2.45, 2.75) is 45.8 Å². The molecule has 2 aromatic heterocycles. The molecule has 0 unspecified atom stereocenters. The number of hydrogen-bond donors (Lipinski definition) is 0. The fourth-order valence-corrected chi connectivity index (χ4v) is 3.02. The summed E-state index contributed by atoms with van der Waals surface area (Å²) in [5.74, 6) is -0.480. The van der Waals surface area contributed by atoms with Gasteiger partial charge in [0.05, 0.1) is 12.3 Å². The molecule has 142 valence electrons. The molecule has 1 aromatic carbocycles. The van der Waals surface area contributed by atoms with E-state index in [2.05, 4.69) is 15.2 Å². The van der Waals surface area contributed by atoms with Crippen molar-refractivity contribution in [2.75, 3.05) is 6.61 Å². The van der Waals surface area contributed by atoms with E-state index in [4.69, 9.17) is 9.15 Å². The Bertz CT molecular complexity index is 988. The molecule has 1 aliphatic heterocycles. The first-order valence-corrected chi connectivity index (χ1v) is 8.81. The van der Waals surface area contributed by atoms with Crippen molar-refractivity contribution >= 4 is 0 Å². The van der Waals surface area contributed by atoms with Gasteiger partial charge in [-0.05, 0) is 24.6 Å². The van der Waals surface area contributed by atoms with Gasteiger partial charge in [0.1, 0.15) is 5.82 Å². The van der Waals surface area contributed by atoms with E-state index in [1.165, 1.54) is 6.07 Å². The van der Waals surface area contributed by atoms with Gasteiger partial charge >= 0.3 is 0 Å². The highest BCUT2D eigenvalue weighted by Crippen LogP contribution is 2.33. The van der Waals surface area contributed by atoms with E-state index in [0.717, 1.165) is 24.2 Å². The Balaban J connectivity index is 1.86. The van der Waals surface area contributed by atoms with Crippen LogP contribution in [0.1, 0.15) is 38.8 Å². The molecule has 27 heavy (non-hydrogen) atoms. The second-order valence-electron chi connectivity index (χ2n) is 7.58. The van der Waals surface area contributed by atoms with E-state index in [-0.39, 0.29) is 5.41 Å². The van der Waals surface area contributed by atoms with Gasteiger partial charge < -0.3 is 13.7 Å². The number of nitrogens with zero attached hydrogens (tertiary/aromatic N) is 4. The maximum absolute atomic E-state index is 13.8. The van der Waals surface area contributed by atoms with Crippen molar-refractivity contribution in [1.29, 1.82) is 0 Å². The molecule has 0 atom stereocenters. The Kier molecular flexibility index (Phi) is 4.30. The monoisotopic (exact) mass is 374 g/mol. The van der Waals surface area contributed by atoms with Crippen LogP contribution in [0.15, 0.2) is 22.6 Å². The first-order chi connectivity index (χ1) is 12.8. The number of hydrogen-bond acceptors (Lipinski definition) is 5. The van der Waals surface area contributed by atoms with Crippen LogP contribution in [0.2, 0.25) is 0 Å². The minimum atomic E-state index is -0.913. The number of fused-ring (bicyclic) bond motifs is 1. The molecule has 3 aromatic rings. The summed E-state index contributed by atoms with van der Waals surface area (Å²) in [6.07, 6.45) is 0.788. The number of ether oxygens (including phenoxy) is 1. The third-order valence-corrected chi connectivity index (χ3v) is 4.43. The first kappa shape index (κ1) is 17.8. The molecule has 0 saturated carbocycles. The average molecular weight is 374 g/mol. The van der Waals surface area contributed by atoms with Crippen LogP contribution < -0.4 is 0 Å². The predicted molar refractivity (Wildman–Crippen MR) is 93.8 cm³/mol. The van der Waals surface area contributed by atoms with Crippen molar-refractivity contribution in [3.63, 3.8) is 0 Å². The number of aromatic nitrogens is 4. The van der Waals surface area contributed by atoms with Crippen molar-refractivity contribution < 1.29 is 17.9 Å². The Morgan fingerprint density at radius 3 is 2.63 bits per heavy atom. The van der Waals surface area contributed by atoms with Crippen LogP contribution in [-0.4, -0.2) is 26.4 Å². The quantitative estimate of drug-likeness (QED) is 0.676. The summed E-state index contributed by atoms with van der Waals surface area (Å²) in [6, 6.07) is 3.76. The van der Waals surface area contributed by atoms with Crippen LogP contribution in [0.3, 0.4) is 0 Å². The first-order valence-electron chi connectivity index (χ1n) is 8.81. The third kappa shape index (κ3) is 3.25. The second kappa shape index (κ2) is 6.53. The maximum atomic E-state index is 13.8. The number of benzene rings is 1. The second-order valence-corrected chi connectivity index (χ2v) is 7.58. The van der Waals surface area contributed by atoms with Crippen LogP contribution in [0, 0.1) is 11.6 Å². The van der Waals surface area contributed by atoms with Crippen molar-refractivity contribution in [2.24, 2.45) is 0 Å². The fourth-order valence-electron chi connectivity index (χ4n) is 3.02. The molecule has 0 aliphatic carbocycles. The van der Waals surface area contributed by atoms with Gasteiger partial charge in [-0.3, -0.25) is 0 Å². The van der Waals surface area contributed by atoms with E-state index < -0.39 is 11.6 Å². The molecule has 0 fully saturated rings. The van der Waals surface area contributed by atoms with Gasteiger partial charge in [0.25, 0.3) is 5.89 Å². The van der Waals surface area contributed by atoms with Crippen molar-refractivity contribution in [1.82, 2.24) is 19.7 Å². The molecular weight excluding hydrogens is 354 g/mol. The van der Waals surface area contributed by atoms with Crippen molar-refractivity contribution in [3.8, 4) is 23.0 Å². The van der Waals surface area contributed by atoms with Gasteiger partial charge in [0.15, 0.2) is 17.3 Å². The van der Waals surface area contributed by atoms with E-state index >= 15 is 0 Å². The zero-order valence-electron chi connectivity index (χ0n) is 15.4. The van der Waals surface area contributed by atoms with Crippen LogP contribution in [0.25, 0.3) is 23.0 Å². The molecule has 0 spiro atoms. The molecule has 4 rings (SSSR count). The van der Waals surface area contributed by atoms with Crippen LogP contribution in [0.4, 0.5) is 8.78 Å². The molecule has 0 radical (unpaired) electrons. The van der Waals surface area contributed by atoms with Crippen molar-refractivity contribution in [3.05, 3.63) is 41.4 Å². The molecule has 0 amide bonds. The minimum Gasteiger partial charge on any atom is -0.419 e. The Labute approximate surface area is 155 Å². The summed E-state index contributed by atoms with van der Waals surface area (Å²) in [5.41, 5.74) is 1.50. The highest BCUT2D eigenvalue weighted by atomic mass is 19.2. The summed E-state index contributed by atoms with van der Waals surface area (Å²) in [6.45, 7) is 7.53. The summed E-state index contributed by atoms with van der Waals surface area (Å²) in [7, 11) is 0. The van der Waals surface area contributed by atoms with E-state index in [9.17, 15) is 8.78 Å². The lowest BCUT2D eigenvalue weighted by atomic mass is 9.97. The van der Waals surface area contributed by atoms with Crippen LogP contribution in [-0.2, 0) is 23.3 Å². The molecule has 0 N–H and O–H groups in total. The highest BCUT2D eigenvalue weighted by molar-refractivity contribution is 5.63. The van der Waals surface area contributed by atoms with E-state index in [0.29, 0.717) is 48.6 Å². The van der Waals surface area contributed by atoms with Crippen LogP contribution in [0.5, 0.6) is 0 Å². The van der Waals surface area contributed by atoms with Gasteiger partial charge in [0, 0.05) is 24.1 Å². The van der Waals surface area contributed by atoms with E-state index in [1.54, 1.807) is 0 Å². The standard InChI is InChI=1S/C19H20F2N4O2/c1-19(2,3)18-24-23-17(27-18)15-14-10-26-8-4-7-25(14)16(22-15)11-5-6-12(20)13(21)9-11/h5-6,9H,4,7-8,10H2,1-3H3. The zero-order valence-corrected chi connectivity index (χ0v) is 15.4. The molecule has 8 heteroatoms. The zero-order chi connectivity index (χ0) is 19.2. The summed E-state index contributed by atoms with van der Waals surface area (Å²) in [5, 5.41) is 8.28. The molecule has 1 aliphatic rings. The number of imidazole rings is 1. The molecular formula is C19H20F2N4O2. The van der Waals surface area contributed by atoms with Gasteiger partial charge in [-0.25, -0.2) is 13.8 Å². The lowest BCUT2D eigenvalue weighted by molar-refractivity contribution is 0.125. The lowest BCUT2D eigenvalue weighted by Gasteiger charge is -2.10. The lowest BCUT2D eigenvalue weighted by Crippen LogP contribution is -2.11. The maximum Gasteiger partial charge on any atom is 0.268 e. The Morgan fingerprint density at radius 2 is 1.93 bits per heavy atom. The minimum absolute atomic E-state index is 0.290. The van der Waals surface area contributed by atoms with Gasteiger partial charge in [0.2, 0.25) is 5.89 Å². The fraction of sp³-hybridized carbons (Fsp3) is 0.421. The Hall–Kier alpha value is -2.61. The molecule has 3 heterocycles. The topological polar surface area (TPSA) is 66.0 Å². The molecule has 6 nitrogen and oxygen atoms in total. The number of rotatable bonds is 2. The SMILES string of the molecule is CC(C)(C)c1nnc(-c2nc(-c3ccc(F)c(F)c3)n3c2COCCC3)o1. The smallest absolute Gasteiger partial charge is 0.268 e. The number of halogens is 2. The van der Waals surface area contributed by atoms with Gasteiger partial charge in [-0.15, -0.1) is 10.2 Å². The summed E-state index contributed by atoms with van der Waals surface area (Å²) in [4.78, 5) is 4.64. The predicted octanol–water partition coefficient (Wildman–Crippen LogP) is 4.10. The summed E-state index contributed by atoms with van der Waals surface area (Å²) < 4.78 is 40.6. The highest BCUT2D eigenvalue weighted by Gasteiger charge is 2.28. The molecule has 0 saturated heterocycles. The largest absolute Gasteiger partial charge is 0.419 e.